The number of aliphatic hydroxyl groups is 2. The lowest BCUT2D eigenvalue weighted by molar-refractivity contribution is 0.113. The molecular weight excluding hydrogens is 254 g/mol. The molecule has 1 rings (SSSR count). The van der Waals surface area contributed by atoms with Gasteiger partial charge in [-0.2, -0.15) is 15.0 Å². The summed E-state index contributed by atoms with van der Waals surface area (Å²) in [5.74, 6) is 0.280. The highest BCUT2D eigenvalue weighted by atomic mass is 35.5. The molecule has 0 fully saturated rings. The third kappa shape index (κ3) is 4.48. The lowest BCUT2D eigenvalue weighted by atomic mass is 10.4. The Balaban J connectivity index is 2.64. The molecule has 0 aliphatic carbocycles. The molecule has 0 saturated heterocycles. The van der Waals surface area contributed by atoms with Crippen LogP contribution in [0.25, 0.3) is 0 Å². The number of halogens is 1. The molecule has 0 aliphatic rings. The number of hydrogen-bond acceptors (Lipinski definition) is 7. The van der Waals surface area contributed by atoms with Crippen molar-refractivity contribution in [1.82, 2.24) is 15.0 Å². The van der Waals surface area contributed by atoms with Crippen molar-refractivity contribution >= 4 is 23.4 Å². The molecule has 1 aromatic heterocycles. The average molecular weight is 266 g/mol. The smallest absolute Gasteiger partial charge is 0.321 e. The van der Waals surface area contributed by atoms with Gasteiger partial charge in [-0.25, -0.2) is 0 Å². The Morgan fingerprint density at radius 3 is 2.81 bits per heavy atom. The third-order valence-corrected chi connectivity index (χ3v) is 2.62. The highest BCUT2D eigenvalue weighted by molar-refractivity contribution is 7.99. The van der Waals surface area contributed by atoms with Crippen LogP contribution in [0.15, 0.2) is 5.16 Å². The first-order chi connectivity index (χ1) is 7.65. The van der Waals surface area contributed by atoms with E-state index in [2.05, 4.69) is 15.0 Å². The monoisotopic (exact) mass is 265 g/mol. The van der Waals surface area contributed by atoms with E-state index in [9.17, 15) is 0 Å². The summed E-state index contributed by atoms with van der Waals surface area (Å²) in [4.78, 5) is 11.6. The molecule has 1 aromatic rings. The van der Waals surface area contributed by atoms with Gasteiger partial charge in [-0.05, 0) is 18.5 Å². The molecule has 90 valence electrons. The number of hydrogen-bond donors (Lipinski definition) is 2. The van der Waals surface area contributed by atoms with E-state index in [4.69, 9.17) is 26.6 Å². The van der Waals surface area contributed by atoms with Crippen molar-refractivity contribution in [1.29, 1.82) is 0 Å². The van der Waals surface area contributed by atoms with Gasteiger partial charge in [0.05, 0.1) is 19.3 Å². The van der Waals surface area contributed by atoms with Crippen molar-refractivity contribution < 1.29 is 14.9 Å². The van der Waals surface area contributed by atoms with Crippen molar-refractivity contribution in [2.24, 2.45) is 0 Å². The van der Waals surface area contributed by atoms with Crippen LogP contribution in [-0.2, 0) is 0 Å². The molecule has 0 bridgehead atoms. The van der Waals surface area contributed by atoms with E-state index in [-0.39, 0.29) is 23.7 Å². The fraction of sp³-hybridized carbons (Fsp3) is 0.625. The number of thioether (sulfide) groups is 1. The van der Waals surface area contributed by atoms with Gasteiger partial charge in [0.1, 0.15) is 0 Å². The molecule has 1 heterocycles. The predicted molar refractivity (Wildman–Crippen MR) is 59.8 cm³/mol. The highest BCUT2D eigenvalue weighted by Gasteiger charge is 2.09. The minimum atomic E-state index is -0.809. The summed E-state index contributed by atoms with van der Waals surface area (Å²) in [7, 11) is 0. The number of nitrogens with zero attached hydrogens (tertiary/aromatic N) is 3. The summed E-state index contributed by atoms with van der Waals surface area (Å²) >= 11 is 6.84. The summed E-state index contributed by atoms with van der Waals surface area (Å²) in [5.41, 5.74) is 0. The van der Waals surface area contributed by atoms with Crippen molar-refractivity contribution in [3.63, 3.8) is 0 Å². The zero-order valence-corrected chi connectivity index (χ0v) is 10.2. The maximum absolute atomic E-state index is 9.15. The average Bonchev–Trinajstić information content (AvgIpc) is 2.25. The van der Waals surface area contributed by atoms with Crippen molar-refractivity contribution in [2.45, 2.75) is 18.2 Å². The Labute approximate surface area is 102 Å². The molecule has 2 N–H and O–H groups in total. The zero-order chi connectivity index (χ0) is 12.0. The Bertz CT molecular complexity index is 342. The Hall–Kier alpha value is -0.630. The van der Waals surface area contributed by atoms with Crippen LogP contribution in [0.1, 0.15) is 6.92 Å². The molecule has 16 heavy (non-hydrogen) atoms. The van der Waals surface area contributed by atoms with Crippen molar-refractivity contribution in [3.05, 3.63) is 5.28 Å². The van der Waals surface area contributed by atoms with E-state index in [0.717, 1.165) is 0 Å². The molecule has 1 unspecified atom stereocenters. The van der Waals surface area contributed by atoms with E-state index in [1.807, 2.05) is 0 Å². The Morgan fingerprint density at radius 1 is 1.44 bits per heavy atom. The van der Waals surface area contributed by atoms with Gasteiger partial charge in [0.15, 0.2) is 5.16 Å². The van der Waals surface area contributed by atoms with Crippen LogP contribution < -0.4 is 4.74 Å². The number of rotatable bonds is 6. The molecule has 8 heteroatoms. The van der Waals surface area contributed by atoms with Crippen LogP contribution in [0.3, 0.4) is 0 Å². The van der Waals surface area contributed by atoms with E-state index in [1.165, 1.54) is 11.8 Å². The van der Waals surface area contributed by atoms with Crippen LogP contribution in [0.2, 0.25) is 5.28 Å². The second-order valence-electron chi connectivity index (χ2n) is 2.75. The van der Waals surface area contributed by atoms with Crippen LogP contribution in [0.5, 0.6) is 6.01 Å². The first-order valence-corrected chi connectivity index (χ1v) is 5.98. The maximum Gasteiger partial charge on any atom is 0.321 e. The van der Waals surface area contributed by atoms with E-state index in [0.29, 0.717) is 11.8 Å². The van der Waals surface area contributed by atoms with Gasteiger partial charge in [-0.1, -0.05) is 11.8 Å². The highest BCUT2D eigenvalue weighted by Crippen LogP contribution is 2.18. The SMILES string of the molecule is CCOc1nc(Cl)nc(SCC(O)CO)n1. The van der Waals surface area contributed by atoms with Gasteiger partial charge in [0.25, 0.3) is 0 Å². The van der Waals surface area contributed by atoms with E-state index >= 15 is 0 Å². The normalized spacial score (nSPS) is 12.5. The minimum Gasteiger partial charge on any atom is -0.464 e. The number of aromatic nitrogens is 3. The summed E-state index contributed by atoms with van der Waals surface area (Å²) in [6.45, 7) is 1.94. The fourth-order valence-electron chi connectivity index (χ4n) is 0.796. The van der Waals surface area contributed by atoms with E-state index in [1.54, 1.807) is 6.92 Å². The van der Waals surface area contributed by atoms with Crippen molar-refractivity contribution in [2.75, 3.05) is 19.0 Å². The van der Waals surface area contributed by atoms with Crippen LogP contribution in [-0.4, -0.2) is 50.2 Å². The first kappa shape index (κ1) is 13.4. The minimum absolute atomic E-state index is 0.0411. The summed E-state index contributed by atoms with van der Waals surface area (Å²) in [6, 6.07) is 0.156. The fourth-order valence-corrected chi connectivity index (χ4v) is 1.74. The zero-order valence-electron chi connectivity index (χ0n) is 8.63. The topological polar surface area (TPSA) is 88.4 Å². The van der Waals surface area contributed by atoms with Crippen LogP contribution >= 0.6 is 23.4 Å². The Morgan fingerprint density at radius 2 is 2.19 bits per heavy atom. The molecule has 6 nitrogen and oxygen atoms in total. The summed E-state index contributed by atoms with van der Waals surface area (Å²) in [6.07, 6.45) is -0.809. The second kappa shape index (κ2) is 6.85. The van der Waals surface area contributed by atoms with Crippen LogP contribution in [0.4, 0.5) is 0 Å². The quantitative estimate of drug-likeness (QED) is 0.719. The maximum atomic E-state index is 9.15. The molecule has 1 atom stereocenters. The molecule has 0 spiro atoms. The summed E-state index contributed by atoms with van der Waals surface area (Å²) < 4.78 is 5.09. The molecule has 0 radical (unpaired) electrons. The second-order valence-corrected chi connectivity index (χ2v) is 4.08. The van der Waals surface area contributed by atoms with Crippen LogP contribution in [0, 0.1) is 0 Å². The molecule has 0 aromatic carbocycles. The molecule has 0 aliphatic heterocycles. The number of aliphatic hydroxyl groups excluding tert-OH is 2. The molecule has 0 amide bonds. The van der Waals surface area contributed by atoms with Gasteiger partial charge < -0.3 is 14.9 Å². The number of ether oxygens (including phenoxy) is 1. The largest absolute Gasteiger partial charge is 0.464 e. The van der Waals surface area contributed by atoms with Gasteiger partial charge in [-0.15, -0.1) is 0 Å². The van der Waals surface area contributed by atoms with Gasteiger partial charge in [-0.3, -0.25) is 0 Å². The third-order valence-electron chi connectivity index (χ3n) is 1.46. The lowest BCUT2D eigenvalue weighted by Crippen LogP contribution is -2.15. The Kier molecular flexibility index (Phi) is 5.75. The molecular formula is C8H12ClN3O3S. The standard InChI is InChI=1S/C8H12ClN3O3S/c1-2-15-7-10-6(9)11-8(12-7)16-4-5(14)3-13/h5,13-14H,2-4H2,1H3. The first-order valence-electron chi connectivity index (χ1n) is 4.61. The van der Waals surface area contributed by atoms with Crippen molar-refractivity contribution in [3.8, 4) is 6.01 Å². The summed E-state index contributed by atoms with van der Waals surface area (Å²) in [5, 5.41) is 18.2. The van der Waals surface area contributed by atoms with Gasteiger partial charge >= 0.3 is 6.01 Å². The molecule has 0 saturated carbocycles. The van der Waals surface area contributed by atoms with Gasteiger partial charge in [0.2, 0.25) is 5.28 Å². The van der Waals surface area contributed by atoms with E-state index < -0.39 is 6.10 Å². The van der Waals surface area contributed by atoms with Gasteiger partial charge in [0, 0.05) is 5.75 Å². The lowest BCUT2D eigenvalue weighted by Gasteiger charge is -2.06. The predicted octanol–water partition coefficient (Wildman–Crippen LogP) is 0.369.